The molecule has 184 valence electrons. The van der Waals surface area contributed by atoms with Gasteiger partial charge in [0, 0.05) is 28.5 Å². The van der Waals surface area contributed by atoms with Gasteiger partial charge in [-0.05, 0) is 30.5 Å². The van der Waals surface area contributed by atoms with Crippen LogP contribution in [0, 0.1) is 0 Å². The van der Waals surface area contributed by atoms with Crippen molar-refractivity contribution < 1.29 is 19.2 Å². The summed E-state index contributed by atoms with van der Waals surface area (Å²) in [6.07, 6.45) is 4.36. The quantitative estimate of drug-likeness (QED) is 0.439. The van der Waals surface area contributed by atoms with Crippen LogP contribution in [0.25, 0.3) is 10.8 Å². The van der Waals surface area contributed by atoms with Crippen molar-refractivity contribution in [3.8, 4) is 0 Å². The molecule has 0 saturated carbocycles. The maximum Gasteiger partial charge on any atom is 0.326 e. The molecule has 2 aliphatic rings. The normalized spacial score (nSPS) is 18.2. The van der Waals surface area contributed by atoms with Gasteiger partial charge >= 0.3 is 11.8 Å². The van der Waals surface area contributed by atoms with E-state index in [4.69, 9.17) is 11.6 Å². The number of carbonyl (C=O) groups is 4. The Kier molecular flexibility index (Phi) is 6.53. The fourth-order valence-corrected chi connectivity index (χ4v) is 4.69. The van der Waals surface area contributed by atoms with E-state index in [0.29, 0.717) is 29.2 Å². The van der Waals surface area contributed by atoms with E-state index in [2.05, 4.69) is 21.0 Å². The number of hydrogen-bond acceptors (Lipinski definition) is 6. The number of pyridine rings is 1. The molecule has 3 N–H and O–H groups in total. The molecule has 11 heteroatoms. The number of halogens is 1. The summed E-state index contributed by atoms with van der Waals surface area (Å²) in [5.74, 6) is -2.59. The molecule has 36 heavy (non-hydrogen) atoms. The highest BCUT2D eigenvalue weighted by atomic mass is 35.5. The van der Waals surface area contributed by atoms with Crippen molar-refractivity contribution in [1.82, 2.24) is 25.6 Å². The van der Waals surface area contributed by atoms with E-state index in [0.717, 1.165) is 22.2 Å². The van der Waals surface area contributed by atoms with Crippen LogP contribution in [0.1, 0.15) is 24.4 Å². The number of fused-ring (bicyclic) bond motifs is 2. The number of carbonyl (C=O) groups excluding carboxylic acids is 4. The Morgan fingerprint density at radius 2 is 1.94 bits per heavy atom. The average Bonchev–Trinajstić information content (AvgIpc) is 3.34. The van der Waals surface area contributed by atoms with Crippen LogP contribution >= 0.6 is 11.6 Å². The maximum atomic E-state index is 13.4. The number of anilines is 1. The average molecular weight is 507 g/mol. The molecule has 5 rings (SSSR count). The van der Waals surface area contributed by atoms with Gasteiger partial charge in [-0.2, -0.15) is 0 Å². The van der Waals surface area contributed by atoms with E-state index in [1.807, 2.05) is 24.3 Å². The number of nitrogens with one attached hydrogen (secondary N) is 3. The SMILES string of the molecule is O=C(CN1NC2CCCN2C(=O)C1=O)NC(C(=O)Nc1cncc2ccccc12)c1cccc(Cl)c1. The van der Waals surface area contributed by atoms with E-state index < -0.39 is 36.2 Å². The molecule has 10 nitrogen and oxygen atoms in total. The molecule has 0 aliphatic carbocycles. The van der Waals surface area contributed by atoms with Crippen molar-refractivity contribution in [3.05, 3.63) is 71.5 Å². The van der Waals surface area contributed by atoms with Crippen LogP contribution < -0.4 is 16.1 Å². The number of rotatable bonds is 6. The third-order valence-electron chi connectivity index (χ3n) is 6.22. The molecule has 2 atom stereocenters. The third kappa shape index (κ3) is 4.73. The fourth-order valence-electron chi connectivity index (χ4n) is 4.50. The van der Waals surface area contributed by atoms with Crippen LogP contribution in [0.15, 0.2) is 60.9 Å². The third-order valence-corrected chi connectivity index (χ3v) is 6.46. The van der Waals surface area contributed by atoms with Gasteiger partial charge in [-0.1, -0.05) is 48.0 Å². The second kappa shape index (κ2) is 9.92. The van der Waals surface area contributed by atoms with Crippen LogP contribution in [0.4, 0.5) is 5.69 Å². The van der Waals surface area contributed by atoms with Crippen molar-refractivity contribution in [3.63, 3.8) is 0 Å². The fraction of sp³-hybridized carbons (Fsp3) is 0.240. The minimum absolute atomic E-state index is 0.325. The van der Waals surface area contributed by atoms with Gasteiger partial charge in [-0.15, -0.1) is 0 Å². The molecule has 3 aromatic rings. The summed E-state index contributed by atoms with van der Waals surface area (Å²) in [5, 5.41) is 8.56. The molecule has 0 bridgehead atoms. The number of benzene rings is 2. The Morgan fingerprint density at radius 1 is 1.11 bits per heavy atom. The molecule has 2 aromatic carbocycles. The standard InChI is InChI=1S/C25H23ClN6O4/c26-17-7-3-6-15(11-17)22(23(34)28-19-13-27-12-16-5-1-2-8-18(16)19)29-21(33)14-32-25(36)24(35)31-10-4-9-20(31)30-32/h1-3,5-8,11-13,20,22,30H,4,9-10,14H2,(H,28,34)(H,29,33). The minimum Gasteiger partial charge on any atom is -0.339 e. The highest BCUT2D eigenvalue weighted by molar-refractivity contribution is 6.35. The largest absolute Gasteiger partial charge is 0.339 e. The Hall–Kier alpha value is -4.02. The van der Waals surface area contributed by atoms with Gasteiger partial charge < -0.3 is 15.5 Å². The molecule has 2 saturated heterocycles. The second-order valence-electron chi connectivity index (χ2n) is 8.63. The highest BCUT2D eigenvalue weighted by Gasteiger charge is 2.42. The monoisotopic (exact) mass is 506 g/mol. The van der Waals surface area contributed by atoms with Gasteiger partial charge in [0.1, 0.15) is 18.8 Å². The molecule has 4 amide bonds. The zero-order valence-corrected chi connectivity index (χ0v) is 19.9. The van der Waals surface area contributed by atoms with Crippen LogP contribution in [-0.4, -0.2) is 57.8 Å². The van der Waals surface area contributed by atoms with Gasteiger partial charge in [0.2, 0.25) is 5.91 Å². The summed E-state index contributed by atoms with van der Waals surface area (Å²) in [6, 6.07) is 12.9. The Bertz CT molecular complexity index is 1360. The van der Waals surface area contributed by atoms with Gasteiger partial charge in [0.05, 0.1) is 11.9 Å². The lowest BCUT2D eigenvalue weighted by Crippen LogP contribution is -2.65. The van der Waals surface area contributed by atoms with Gasteiger partial charge in [0.15, 0.2) is 0 Å². The number of hydrazine groups is 1. The first kappa shape index (κ1) is 23.7. The van der Waals surface area contributed by atoms with Crippen molar-refractivity contribution in [1.29, 1.82) is 0 Å². The van der Waals surface area contributed by atoms with Gasteiger partial charge in [-0.3, -0.25) is 29.2 Å². The first-order valence-electron chi connectivity index (χ1n) is 11.5. The number of amides is 4. The molecule has 3 heterocycles. The van der Waals surface area contributed by atoms with Crippen molar-refractivity contribution in [2.45, 2.75) is 25.0 Å². The van der Waals surface area contributed by atoms with E-state index in [-0.39, 0.29) is 6.17 Å². The number of nitrogens with zero attached hydrogens (tertiary/aromatic N) is 3. The van der Waals surface area contributed by atoms with Gasteiger partial charge in [-0.25, -0.2) is 5.43 Å². The van der Waals surface area contributed by atoms with Crippen molar-refractivity contribution in [2.75, 3.05) is 18.4 Å². The van der Waals surface area contributed by atoms with Crippen LogP contribution in [0.5, 0.6) is 0 Å². The molecule has 0 spiro atoms. The van der Waals surface area contributed by atoms with E-state index >= 15 is 0 Å². The molecule has 1 aromatic heterocycles. The summed E-state index contributed by atoms with van der Waals surface area (Å²) in [4.78, 5) is 56.9. The number of hydrogen-bond donors (Lipinski definition) is 3. The number of aromatic nitrogens is 1. The Balaban J connectivity index is 1.36. The maximum absolute atomic E-state index is 13.4. The van der Waals surface area contributed by atoms with E-state index in [1.165, 1.54) is 11.1 Å². The highest BCUT2D eigenvalue weighted by Crippen LogP contribution is 2.25. The van der Waals surface area contributed by atoms with E-state index in [9.17, 15) is 19.2 Å². The molecule has 0 radical (unpaired) electrons. The second-order valence-corrected chi connectivity index (χ2v) is 9.07. The predicted octanol–water partition coefficient (Wildman–Crippen LogP) is 1.98. The zero-order chi connectivity index (χ0) is 25.2. The first-order valence-corrected chi connectivity index (χ1v) is 11.9. The smallest absolute Gasteiger partial charge is 0.326 e. The van der Waals surface area contributed by atoms with Crippen molar-refractivity contribution in [2.24, 2.45) is 0 Å². The molecule has 2 aliphatic heterocycles. The topological polar surface area (TPSA) is 124 Å². The summed E-state index contributed by atoms with van der Waals surface area (Å²) in [5.41, 5.74) is 3.88. The Morgan fingerprint density at radius 3 is 2.78 bits per heavy atom. The summed E-state index contributed by atoms with van der Waals surface area (Å²) >= 11 is 6.15. The zero-order valence-electron chi connectivity index (χ0n) is 19.1. The molecule has 2 fully saturated rings. The Labute approximate surface area is 211 Å². The lowest BCUT2D eigenvalue weighted by Gasteiger charge is -2.37. The predicted molar refractivity (Wildman–Crippen MR) is 132 cm³/mol. The van der Waals surface area contributed by atoms with Gasteiger partial charge in [0.25, 0.3) is 5.91 Å². The molecular weight excluding hydrogens is 484 g/mol. The van der Waals surface area contributed by atoms with E-state index in [1.54, 1.807) is 30.5 Å². The summed E-state index contributed by atoms with van der Waals surface area (Å²) < 4.78 is 0. The summed E-state index contributed by atoms with van der Waals surface area (Å²) in [7, 11) is 0. The van der Waals surface area contributed by atoms with Crippen LogP contribution in [-0.2, 0) is 19.2 Å². The lowest BCUT2D eigenvalue weighted by atomic mass is 10.1. The van der Waals surface area contributed by atoms with Crippen LogP contribution in [0.3, 0.4) is 0 Å². The lowest BCUT2D eigenvalue weighted by molar-refractivity contribution is -0.164. The summed E-state index contributed by atoms with van der Waals surface area (Å²) in [6.45, 7) is 0.0669. The molecular formula is C25H23ClN6O4. The minimum atomic E-state index is -1.12. The van der Waals surface area contributed by atoms with Crippen molar-refractivity contribution >= 4 is 51.7 Å². The molecule has 2 unspecified atom stereocenters. The first-order chi connectivity index (χ1) is 17.4. The van der Waals surface area contributed by atoms with Crippen LogP contribution in [0.2, 0.25) is 5.02 Å².